The summed E-state index contributed by atoms with van der Waals surface area (Å²) in [6.45, 7) is 3.35. The monoisotopic (exact) mass is 298 g/mol. The fourth-order valence-electron chi connectivity index (χ4n) is 2.14. The van der Waals surface area contributed by atoms with Gasteiger partial charge in [0.05, 0.1) is 5.38 Å². The Kier molecular flexibility index (Phi) is 4.81. The molecule has 110 valence electrons. The molecule has 0 bridgehead atoms. The molecule has 5 heteroatoms. The zero-order valence-corrected chi connectivity index (χ0v) is 12.3. The van der Waals surface area contributed by atoms with Gasteiger partial charge in [-0.1, -0.05) is 30.3 Å². The van der Waals surface area contributed by atoms with E-state index in [1.54, 1.807) is 13.8 Å². The molecule has 1 heterocycles. The smallest absolute Gasteiger partial charge is 0.190 e. The molecule has 1 aromatic rings. The Morgan fingerprint density at radius 1 is 1.40 bits per heavy atom. The van der Waals surface area contributed by atoms with Crippen LogP contribution in [0.5, 0.6) is 0 Å². The van der Waals surface area contributed by atoms with Crippen molar-refractivity contribution in [1.29, 1.82) is 0 Å². The van der Waals surface area contributed by atoms with Gasteiger partial charge >= 0.3 is 0 Å². The predicted molar refractivity (Wildman–Crippen MR) is 75.7 cm³/mol. The average molecular weight is 299 g/mol. The molecule has 0 radical (unpaired) electrons. The van der Waals surface area contributed by atoms with Crippen molar-refractivity contribution in [3.05, 3.63) is 35.9 Å². The minimum absolute atomic E-state index is 0.0658. The summed E-state index contributed by atoms with van der Waals surface area (Å²) in [6.07, 6.45) is -1.53. The number of aliphatic hydroxyl groups is 1. The second-order valence-electron chi connectivity index (χ2n) is 5.39. The SMILES string of the molecule is CC1(C)OCC(=O)[C@H]([C@@H](O)[C@H](Cl)Cc2ccccc2)O1. The first-order valence-electron chi connectivity index (χ1n) is 6.59. The van der Waals surface area contributed by atoms with Crippen LogP contribution in [0.1, 0.15) is 19.4 Å². The number of alkyl halides is 1. The summed E-state index contributed by atoms with van der Waals surface area (Å²) in [5.74, 6) is -1.17. The van der Waals surface area contributed by atoms with Crippen LogP contribution in [-0.2, 0) is 20.7 Å². The molecule has 4 nitrogen and oxygen atoms in total. The van der Waals surface area contributed by atoms with Crippen LogP contribution in [0.15, 0.2) is 30.3 Å². The van der Waals surface area contributed by atoms with Crippen LogP contribution >= 0.6 is 11.6 Å². The van der Waals surface area contributed by atoms with Crippen molar-refractivity contribution in [2.45, 2.75) is 43.6 Å². The van der Waals surface area contributed by atoms with Crippen LogP contribution in [-0.4, -0.2) is 40.9 Å². The van der Waals surface area contributed by atoms with Gasteiger partial charge in [-0.2, -0.15) is 0 Å². The lowest BCUT2D eigenvalue weighted by Gasteiger charge is -2.37. The number of ketones is 1. The molecule has 0 aliphatic carbocycles. The third-order valence-electron chi connectivity index (χ3n) is 3.24. The highest BCUT2D eigenvalue weighted by Gasteiger charge is 2.41. The summed E-state index contributed by atoms with van der Waals surface area (Å²) in [5.41, 5.74) is 1.00. The van der Waals surface area contributed by atoms with Crippen LogP contribution in [0.4, 0.5) is 0 Å². The fraction of sp³-hybridized carbons (Fsp3) is 0.533. The first-order valence-corrected chi connectivity index (χ1v) is 7.03. The lowest BCUT2D eigenvalue weighted by molar-refractivity contribution is -0.270. The maximum atomic E-state index is 11.8. The fourth-order valence-corrected chi connectivity index (χ4v) is 2.45. The van der Waals surface area contributed by atoms with Crippen molar-refractivity contribution in [3.8, 4) is 0 Å². The van der Waals surface area contributed by atoms with Crippen molar-refractivity contribution in [2.24, 2.45) is 0 Å². The number of hydrogen-bond donors (Lipinski definition) is 1. The highest BCUT2D eigenvalue weighted by Crippen LogP contribution is 2.25. The minimum Gasteiger partial charge on any atom is -0.388 e. The Hall–Kier alpha value is -0.940. The van der Waals surface area contributed by atoms with Crippen molar-refractivity contribution in [1.82, 2.24) is 0 Å². The van der Waals surface area contributed by atoms with Crippen molar-refractivity contribution in [2.75, 3.05) is 6.61 Å². The summed E-state index contributed by atoms with van der Waals surface area (Å²) in [6, 6.07) is 9.59. The molecule has 1 fully saturated rings. The summed E-state index contributed by atoms with van der Waals surface area (Å²) >= 11 is 6.23. The largest absolute Gasteiger partial charge is 0.388 e. The molecular weight excluding hydrogens is 280 g/mol. The van der Waals surface area contributed by atoms with E-state index in [9.17, 15) is 9.90 Å². The van der Waals surface area contributed by atoms with Crippen LogP contribution in [0.2, 0.25) is 0 Å². The molecule has 20 heavy (non-hydrogen) atoms. The molecule has 0 amide bonds. The summed E-state index contributed by atoms with van der Waals surface area (Å²) in [5, 5.41) is 9.68. The highest BCUT2D eigenvalue weighted by molar-refractivity contribution is 6.21. The molecular formula is C15H19ClO4. The zero-order chi connectivity index (χ0) is 14.8. The van der Waals surface area contributed by atoms with Gasteiger partial charge in [0.15, 0.2) is 11.6 Å². The summed E-state index contributed by atoms with van der Waals surface area (Å²) < 4.78 is 10.7. The second kappa shape index (κ2) is 6.22. The van der Waals surface area contributed by atoms with Gasteiger partial charge in [-0.3, -0.25) is 4.79 Å². The number of hydrogen-bond acceptors (Lipinski definition) is 4. The van der Waals surface area contributed by atoms with Gasteiger partial charge in [0.2, 0.25) is 0 Å². The van der Waals surface area contributed by atoms with E-state index in [2.05, 4.69) is 0 Å². The van der Waals surface area contributed by atoms with Gasteiger partial charge in [-0.05, 0) is 25.8 Å². The topological polar surface area (TPSA) is 55.8 Å². The Morgan fingerprint density at radius 3 is 2.70 bits per heavy atom. The van der Waals surface area contributed by atoms with E-state index >= 15 is 0 Å². The minimum atomic E-state index is -1.06. The third kappa shape index (κ3) is 3.79. The number of carbonyl (C=O) groups is 1. The normalized spacial score (nSPS) is 25.2. The third-order valence-corrected chi connectivity index (χ3v) is 3.66. The maximum absolute atomic E-state index is 11.8. The lowest BCUT2D eigenvalue weighted by atomic mass is 9.99. The van der Waals surface area contributed by atoms with E-state index in [4.69, 9.17) is 21.1 Å². The van der Waals surface area contributed by atoms with Crippen LogP contribution in [0, 0.1) is 0 Å². The Bertz CT molecular complexity index is 460. The Balaban J connectivity index is 2.02. The molecule has 3 atom stereocenters. The molecule has 1 aromatic carbocycles. The molecule has 0 saturated carbocycles. The van der Waals surface area contributed by atoms with E-state index in [0.29, 0.717) is 6.42 Å². The molecule has 1 aliphatic heterocycles. The van der Waals surface area contributed by atoms with E-state index in [1.807, 2.05) is 30.3 Å². The van der Waals surface area contributed by atoms with Crippen molar-refractivity contribution < 1.29 is 19.4 Å². The highest BCUT2D eigenvalue weighted by atomic mass is 35.5. The standard InChI is InChI=1S/C15H19ClO4/c1-15(2)19-9-12(17)14(20-15)13(18)11(16)8-10-6-4-3-5-7-10/h3-7,11,13-14,18H,8-9H2,1-2H3/t11-,13+,14-/m1/s1. The number of carbonyl (C=O) groups excluding carboxylic acids is 1. The summed E-state index contributed by atoms with van der Waals surface area (Å²) in [4.78, 5) is 11.8. The van der Waals surface area contributed by atoms with Crippen molar-refractivity contribution in [3.63, 3.8) is 0 Å². The first-order chi connectivity index (χ1) is 9.39. The number of halogens is 1. The molecule has 0 spiro atoms. The van der Waals surface area contributed by atoms with Gasteiger partial charge in [-0.15, -0.1) is 11.6 Å². The van der Waals surface area contributed by atoms with Gasteiger partial charge in [0.25, 0.3) is 0 Å². The molecule has 1 N–H and O–H groups in total. The van der Waals surface area contributed by atoms with Crippen LogP contribution in [0.25, 0.3) is 0 Å². The molecule has 0 aromatic heterocycles. The first kappa shape index (κ1) is 15.4. The van der Waals surface area contributed by atoms with Crippen LogP contribution in [0.3, 0.4) is 0 Å². The number of aliphatic hydroxyl groups excluding tert-OH is 1. The van der Waals surface area contributed by atoms with Gasteiger partial charge in [0.1, 0.15) is 18.8 Å². The van der Waals surface area contributed by atoms with E-state index < -0.39 is 23.4 Å². The quantitative estimate of drug-likeness (QED) is 0.863. The average Bonchev–Trinajstić information content (AvgIpc) is 2.42. The number of rotatable bonds is 4. The number of ether oxygens (including phenoxy) is 2. The molecule has 1 aliphatic rings. The summed E-state index contributed by atoms with van der Waals surface area (Å²) in [7, 11) is 0. The molecule has 2 rings (SSSR count). The number of benzene rings is 1. The maximum Gasteiger partial charge on any atom is 0.190 e. The Morgan fingerprint density at radius 2 is 2.05 bits per heavy atom. The van der Waals surface area contributed by atoms with E-state index in [0.717, 1.165) is 5.56 Å². The predicted octanol–water partition coefficient (Wildman–Crippen LogP) is 1.92. The molecule has 0 unspecified atom stereocenters. The number of Topliss-reactive ketones (excluding diaryl/α,β-unsaturated/α-hetero) is 1. The van der Waals surface area contributed by atoms with Gasteiger partial charge < -0.3 is 14.6 Å². The Labute approximate surface area is 123 Å². The van der Waals surface area contributed by atoms with Gasteiger partial charge in [0, 0.05) is 0 Å². The second-order valence-corrected chi connectivity index (χ2v) is 5.95. The lowest BCUT2D eigenvalue weighted by Crippen LogP contribution is -2.53. The molecule has 1 saturated heterocycles. The zero-order valence-electron chi connectivity index (χ0n) is 11.6. The van der Waals surface area contributed by atoms with E-state index in [-0.39, 0.29) is 12.4 Å². The van der Waals surface area contributed by atoms with Crippen LogP contribution < -0.4 is 0 Å². The van der Waals surface area contributed by atoms with E-state index in [1.165, 1.54) is 0 Å². The van der Waals surface area contributed by atoms with Crippen molar-refractivity contribution >= 4 is 17.4 Å². The van der Waals surface area contributed by atoms with Gasteiger partial charge in [-0.25, -0.2) is 0 Å².